The highest BCUT2D eigenvalue weighted by Gasteiger charge is 2.46. The van der Waals surface area contributed by atoms with Crippen molar-refractivity contribution < 1.29 is 33.4 Å². The summed E-state index contributed by atoms with van der Waals surface area (Å²) in [5.74, 6) is -1.73. The van der Waals surface area contributed by atoms with Crippen LogP contribution in [0.5, 0.6) is 0 Å². The molecule has 0 bridgehead atoms. The van der Waals surface area contributed by atoms with Gasteiger partial charge in [-0.25, -0.2) is 4.79 Å². The molecule has 296 valence electrons. The van der Waals surface area contributed by atoms with E-state index in [2.05, 4.69) is 10.6 Å². The quantitative estimate of drug-likeness (QED) is 0.176. The van der Waals surface area contributed by atoms with Crippen LogP contribution in [0.1, 0.15) is 102 Å². The average Bonchev–Trinajstić information content (AvgIpc) is 3.37. The Labute approximate surface area is 317 Å². The first kappa shape index (κ1) is 44.8. The number of aryl methyl sites for hydroxylation is 1. The maximum absolute atomic E-state index is 14.8. The zero-order valence-corrected chi connectivity index (χ0v) is 35.0. The number of benzene rings is 1. The predicted octanol–water partition coefficient (Wildman–Crippen LogP) is 6.11. The summed E-state index contributed by atoms with van der Waals surface area (Å²) in [6.45, 7) is 24.0. The first-order chi connectivity index (χ1) is 24.2. The fourth-order valence-corrected chi connectivity index (χ4v) is 6.59. The van der Waals surface area contributed by atoms with Gasteiger partial charge in [-0.05, 0) is 64.5 Å². The number of nitrogens with one attached hydrogen (secondary N) is 2. The summed E-state index contributed by atoms with van der Waals surface area (Å²) in [6.07, 6.45) is 3.08. The highest BCUT2D eigenvalue weighted by Crippen LogP contribution is 2.37. The van der Waals surface area contributed by atoms with E-state index < -0.39 is 58.6 Å². The number of hydrogen-bond acceptors (Lipinski definition) is 7. The Balaban J connectivity index is 2.55. The van der Waals surface area contributed by atoms with Crippen LogP contribution in [0.4, 0.5) is 4.79 Å². The summed E-state index contributed by atoms with van der Waals surface area (Å²) in [7, 11) is 5.15. The van der Waals surface area contributed by atoms with Crippen molar-refractivity contribution in [3.63, 3.8) is 0 Å². The molecule has 0 radical (unpaired) electrons. The molecule has 12 nitrogen and oxygen atoms in total. The lowest BCUT2D eigenvalue weighted by atomic mass is 9.76. The SMILES string of the molecule is CCOC(=O)C[C@@H](C)NC(=O)/C(C)=C/[C@H](C(C)C)N(C)C(=O)[C@@H](NC(=O)[C@@H](N(C)C(=O)OC(C)(C)C)C(C)(C)c1cn(C)c2ccccc12)C(C)(C)C. The lowest BCUT2D eigenvalue weighted by Crippen LogP contribution is -2.63. The molecule has 0 fully saturated rings. The van der Waals surface area contributed by atoms with Crippen molar-refractivity contribution in [3.05, 3.63) is 47.7 Å². The van der Waals surface area contributed by atoms with Crippen molar-refractivity contribution in [1.29, 1.82) is 0 Å². The Morgan fingerprint density at radius 3 is 2.02 bits per heavy atom. The van der Waals surface area contributed by atoms with E-state index in [1.54, 1.807) is 66.6 Å². The Morgan fingerprint density at radius 2 is 1.49 bits per heavy atom. The number of aromatic nitrogens is 1. The zero-order chi connectivity index (χ0) is 40.8. The predicted molar refractivity (Wildman–Crippen MR) is 209 cm³/mol. The summed E-state index contributed by atoms with van der Waals surface area (Å²) in [4.78, 5) is 70.8. The van der Waals surface area contributed by atoms with Crippen molar-refractivity contribution in [2.75, 3.05) is 20.7 Å². The van der Waals surface area contributed by atoms with Crippen molar-refractivity contribution in [3.8, 4) is 0 Å². The van der Waals surface area contributed by atoms with Crippen LogP contribution in [0.3, 0.4) is 0 Å². The van der Waals surface area contributed by atoms with Gasteiger partial charge in [0.25, 0.3) is 0 Å². The molecule has 0 aliphatic heterocycles. The number of carbonyl (C=O) groups excluding carboxylic acids is 5. The molecule has 0 saturated carbocycles. The highest BCUT2D eigenvalue weighted by molar-refractivity contribution is 5.95. The average molecular weight is 740 g/mol. The number of para-hydroxylation sites is 1. The summed E-state index contributed by atoms with van der Waals surface area (Å²) in [5, 5.41) is 6.83. The van der Waals surface area contributed by atoms with Gasteiger partial charge in [-0.2, -0.15) is 0 Å². The van der Waals surface area contributed by atoms with E-state index in [0.29, 0.717) is 5.57 Å². The second-order valence-electron chi connectivity index (χ2n) is 17.1. The van der Waals surface area contributed by atoms with Gasteiger partial charge in [0.1, 0.15) is 17.7 Å². The van der Waals surface area contributed by atoms with E-state index in [1.807, 2.05) is 90.5 Å². The summed E-state index contributed by atoms with van der Waals surface area (Å²) in [6, 6.07) is 4.82. The number of fused-ring (bicyclic) bond motifs is 1. The van der Waals surface area contributed by atoms with Crippen LogP contribution in [0.25, 0.3) is 10.9 Å². The number of rotatable bonds is 14. The van der Waals surface area contributed by atoms with Gasteiger partial charge in [-0.3, -0.25) is 24.1 Å². The number of amides is 4. The molecule has 4 amide bonds. The fraction of sp³-hybridized carbons (Fsp3) is 0.634. The molecule has 1 aromatic carbocycles. The minimum absolute atomic E-state index is 0.0350. The van der Waals surface area contributed by atoms with E-state index in [9.17, 15) is 24.0 Å². The van der Waals surface area contributed by atoms with Gasteiger partial charge in [-0.1, -0.05) is 72.7 Å². The molecule has 1 heterocycles. The Bertz CT molecular complexity index is 1660. The van der Waals surface area contributed by atoms with Crippen LogP contribution in [-0.4, -0.2) is 94.6 Å². The third-order valence-corrected chi connectivity index (χ3v) is 9.40. The molecule has 0 spiro atoms. The number of nitrogens with zero attached hydrogens (tertiary/aromatic N) is 3. The number of esters is 1. The molecular formula is C41H65N5O7. The Kier molecular flexibility index (Phi) is 14.9. The highest BCUT2D eigenvalue weighted by atomic mass is 16.6. The molecule has 12 heteroatoms. The third kappa shape index (κ3) is 11.6. The topological polar surface area (TPSA) is 139 Å². The van der Waals surface area contributed by atoms with E-state index >= 15 is 0 Å². The van der Waals surface area contributed by atoms with Crippen molar-refractivity contribution >= 4 is 40.7 Å². The van der Waals surface area contributed by atoms with Crippen LogP contribution < -0.4 is 10.6 Å². The first-order valence-electron chi connectivity index (χ1n) is 18.5. The largest absolute Gasteiger partial charge is 0.466 e. The Morgan fingerprint density at radius 1 is 0.906 bits per heavy atom. The van der Waals surface area contributed by atoms with Gasteiger partial charge < -0.3 is 29.6 Å². The normalized spacial score (nSPS) is 14.9. The summed E-state index contributed by atoms with van der Waals surface area (Å²) in [5.41, 5.74) is -0.297. The maximum atomic E-state index is 14.8. The molecule has 2 rings (SSSR count). The molecule has 2 N–H and O–H groups in total. The molecule has 53 heavy (non-hydrogen) atoms. The lowest BCUT2D eigenvalue weighted by molar-refractivity contribution is -0.143. The number of ether oxygens (including phenoxy) is 2. The van der Waals surface area contributed by atoms with Gasteiger partial charge in [0.2, 0.25) is 17.7 Å². The van der Waals surface area contributed by atoms with Crippen LogP contribution in [0.2, 0.25) is 0 Å². The minimum Gasteiger partial charge on any atom is -0.466 e. The second kappa shape index (κ2) is 17.6. The summed E-state index contributed by atoms with van der Waals surface area (Å²) < 4.78 is 12.7. The lowest BCUT2D eigenvalue weighted by Gasteiger charge is -2.42. The van der Waals surface area contributed by atoms with Gasteiger partial charge >= 0.3 is 12.1 Å². The monoisotopic (exact) mass is 739 g/mol. The van der Waals surface area contributed by atoms with Gasteiger partial charge in [0.05, 0.1) is 19.1 Å². The van der Waals surface area contributed by atoms with E-state index in [4.69, 9.17) is 9.47 Å². The van der Waals surface area contributed by atoms with Crippen LogP contribution in [0, 0.1) is 11.3 Å². The first-order valence-corrected chi connectivity index (χ1v) is 18.5. The van der Waals surface area contributed by atoms with Gasteiger partial charge in [0.15, 0.2) is 0 Å². The van der Waals surface area contributed by atoms with Crippen LogP contribution in [-0.2, 0) is 41.1 Å². The minimum atomic E-state index is -1.09. The van der Waals surface area contributed by atoms with E-state index in [-0.39, 0.29) is 30.8 Å². The van der Waals surface area contributed by atoms with Gasteiger partial charge in [0, 0.05) is 55.3 Å². The third-order valence-electron chi connectivity index (χ3n) is 9.40. The zero-order valence-electron chi connectivity index (χ0n) is 35.0. The second-order valence-corrected chi connectivity index (χ2v) is 17.1. The molecule has 2 aromatic rings. The molecule has 1 aromatic heterocycles. The molecule has 4 atom stereocenters. The van der Waals surface area contributed by atoms with Crippen molar-refractivity contribution in [2.45, 2.75) is 132 Å². The number of likely N-dealkylation sites (N-methyl/N-ethyl adjacent to an activating group) is 2. The van der Waals surface area contributed by atoms with Gasteiger partial charge in [-0.15, -0.1) is 0 Å². The van der Waals surface area contributed by atoms with Crippen molar-refractivity contribution in [2.24, 2.45) is 18.4 Å². The smallest absolute Gasteiger partial charge is 0.410 e. The molecule has 0 aliphatic carbocycles. The molecular weight excluding hydrogens is 674 g/mol. The molecule has 0 aliphatic rings. The molecule has 0 unspecified atom stereocenters. The van der Waals surface area contributed by atoms with Crippen LogP contribution >= 0.6 is 0 Å². The van der Waals surface area contributed by atoms with E-state index in [1.165, 1.54) is 4.90 Å². The van der Waals surface area contributed by atoms with E-state index in [0.717, 1.165) is 16.5 Å². The standard InChI is InChI=1S/C41H65N5O7/c1-17-52-32(47)23-27(5)42-35(48)26(4)22-31(25(2)3)45(15)37(50)33(39(6,7)8)43-36(49)34(46(16)38(51)53-40(9,10)11)41(12,13)29-24-44(14)30-21-19-18-20-28(29)30/h18-22,24-25,27,31,33-34H,17,23H2,1-16H3,(H,42,48)(H,43,49)/b26-22+/t27-,31-,33-,34-/m1/s1. The number of carbonyl (C=O) groups is 5. The fourth-order valence-electron chi connectivity index (χ4n) is 6.59. The number of hydrogen-bond donors (Lipinski definition) is 2. The van der Waals surface area contributed by atoms with Crippen LogP contribution in [0.15, 0.2) is 42.1 Å². The molecule has 0 saturated heterocycles. The Hall–Kier alpha value is -4.35. The maximum Gasteiger partial charge on any atom is 0.410 e. The van der Waals surface area contributed by atoms with Crippen molar-refractivity contribution in [1.82, 2.24) is 25.0 Å². The summed E-state index contributed by atoms with van der Waals surface area (Å²) >= 11 is 0.